The molecule has 2 aromatic rings. The second kappa shape index (κ2) is 6.96. The highest BCUT2D eigenvalue weighted by Crippen LogP contribution is 2.50. The van der Waals surface area contributed by atoms with Gasteiger partial charge in [0.05, 0.1) is 14.2 Å². The number of thioether (sulfide) groups is 1. The van der Waals surface area contributed by atoms with E-state index in [0.29, 0.717) is 29.6 Å². The summed E-state index contributed by atoms with van der Waals surface area (Å²) in [5, 5.41) is 0.0475. The molecule has 0 saturated heterocycles. The summed E-state index contributed by atoms with van der Waals surface area (Å²) in [6.45, 7) is 0. The van der Waals surface area contributed by atoms with E-state index in [2.05, 4.69) is 0 Å². The Morgan fingerprint density at radius 1 is 1.17 bits per heavy atom. The minimum absolute atomic E-state index is 0.0475. The van der Waals surface area contributed by atoms with Crippen LogP contribution in [0.2, 0.25) is 0 Å². The molecular weight excluding hydrogens is 312 g/mol. The summed E-state index contributed by atoms with van der Waals surface area (Å²) < 4.78 is 16.5. The van der Waals surface area contributed by atoms with Crippen LogP contribution in [-0.4, -0.2) is 25.9 Å². The van der Waals surface area contributed by atoms with E-state index in [1.165, 1.54) is 0 Å². The number of ether oxygens (including phenoxy) is 3. The monoisotopic (exact) mass is 330 g/mol. The Hall–Kier alpha value is -2.14. The first kappa shape index (κ1) is 15.7. The molecule has 120 valence electrons. The molecule has 1 aliphatic heterocycles. The molecule has 2 aromatic carbocycles. The Bertz CT molecular complexity index is 700. The van der Waals surface area contributed by atoms with E-state index >= 15 is 0 Å². The number of benzene rings is 2. The van der Waals surface area contributed by atoms with Gasteiger partial charge in [-0.05, 0) is 6.07 Å². The van der Waals surface area contributed by atoms with E-state index in [9.17, 15) is 4.79 Å². The molecule has 4 nitrogen and oxygen atoms in total. The van der Waals surface area contributed by atoms with Crippen LogP contribution in [0.5, 0.6) is 17.2 Å². The number of hydrogen-bond donors (Lipinski definition) is 0. The molecule has 3 rings (SSSR count). The third-order valence-electron chi connectivity index (χ3n) is 3.82. The number of carbonyl (C=O) groups is 1. The van der Waals surface area contributed by atoms with E-state index in [0.717, 1.165) is 11.1 Å². The van der Waals surface area contributed by atoms with Gasteiger partial charge in [-0.1, -0.05) is 36.4 Å². The molecule has 0 N–H and O–H groups in total. The number of rotatable bonds is 5. The average molecular weight is 330 g/mol. The van der Waals surface area contributed by atoms with Gasteiger partial charge in [0, 0.05) is 22.8 Å². The molecule has 0 aromatic heterocycles. The number of hydrogen-bond acceptors (Lipinski definition) is 5. The lowest BCUT2D eigenvalue weighted by atomic mass is 10.0. The molecule has 23 heavy (non-hydrogen) atoms. The quantitative estimate of drug-likeness (QED) is 0.772. The van der Waals surface area contributed by atoms with Crippen LogP contribution >= 0.6 is 11.8 Å². The van der Waals surface area contributed by atoms with Crippen molar-refractivity contribution >= 4 is 17.5 Å². The summed E-state index contributed by atoms with van der Waals surface area (Å²) in [5.41, 5.74) is 1.71. The molecule has 0 aliphatic carbocycles. The SMILES string of the molecule is COc1ccc2c(c1OC)OCSC2CC(=O)c1ccccc1. The van der Waals surface area contributed by atoms with Crippen molar-refractivity contribution in [2.24, 2.45) is 0 Å². The molecular formula is C18H18O4S. The second-order valence-corrected chi connectivity index (χ2v) is 6.27. The van der Waals surface area contributed by atoms with Crippen molar-refractivity contribution < 1.29 is 19.0 Å². The van der Waals surface area contributed by atoms with Crippen LogP contribution in [0.1, 0.15) is 27.6 Å². The van der Waals surface area contributed by atoms with E-state index in [4.69, 9.17) is 14.2 Å². The molecule has 0 saturated carbocycles. The maximum atomic E-state index is 12.5. The average Bonchev–Trinajstić information content (AvgIpc) is 2.61. The van der Waals surface area contributed by atoms with Gasteiger partial charge in [0.25, 0.3) is 0 Å². The molecule has 1 heterocycles. The molecule has 1 aliphatic rings. The number of fused-ring (bicyclic) bond motifs is 1. The van der Waals surface area contributed by atoms with Gasteiger partial charge in [-0.2, -0.15) is 0 Å². The molecule has 0 amide bonds. The van der Waals surface area contributed by atoms with E-state index in [1.807, 2.05) is 42.5 Å². The molecule has 1 atom stereocenters. The number of carbonyl (C=O) groups excluding carboxylic acids is 1. The lowest BCUT2D eigenvalue weighted by Crippen LogP contribution is -2.14. The molecule has 0 radical (unpaired) electrons. The van der Waals surface area contributed by atoms with Gasteiger partial charge in [-0.15, -0.1) is 11.8 Å². The van der Waals surface area contributed by atoms with Gasteiger partial charge in [0.15, 0.2) is 17.3 Å². The predicted molar refractivity (Wildman–Crippen MR) is 90.8 cm³/mol. The Morgan fingerprint density at radius 2 is 1.96 bits per heavy atom. The lowest BCUT2D eigenvalue weighted by Gasteiger charge is -2.27. The molecule has 0 spiro atoms. The van der Waals surface area contributed by atoms with Gasteiger partial charge in [-0.25, -0.2) is 0 Å². The minimum atomic E-state index is 0.0475. The van der Waals surface area contributed by atoms with Crippen LogP contribution in [0.15, 0.2) is 42.5 Å². The topological polar surface area (TPSA) is 44.8 Å². The fraction of sp³-hybridized carbons (Fsp3) is 0.278. The largest absolute Gasteiger partial charge is 0.493 e. The van der Waals surface area contributed by atoms with Crippen LogP contribution in [-0.2, 0) is 0 Å². The first-order valence-electron chi connectivity index (χ1n) is 7.32. The van der Waals surface area contributed by atoms with E-state index in [1.54, 1.807) is 26.0 Å². The maximum absolute atomic E-state index is 12.5. The Kier molecular flexibility index (Phi) is 4.76. The van der Waals surface area contributed by atoms with Crippen LogP contribution < -0.4 is 14.2 Å². The van der Waals surface area contributed by atoms with Crippen molar-refractivity contribution in [2.75, 3.05) is 20.2 Å². The Labute approximate surface area is 139 Å². The van der Waals surface area contributed by atoms with Gasteiger partial charge in [0.1, 0.15) is 5.94 Å². The highest BCUT2D eigenvalue weighted by Gasteiger charge is 2.29. The summed E-state index contributed by atoms with van der Waals surface area (Å²) in [7, 11) is 3.19. The van der Waals surface area contributed by atoms with Crippen molar-refractivity contribution in [3.8, 4) is 17.2 Å². The van der Waals surface area contributed by atoms with Gasteiger partial charge in [0.2, 0.25) is 5.75 Å². The summed E-state index contributed by atoms with van der Waals surface area (Å²) in [6.07, 6.45) is 0.431. The van der Waals surface area contributed by atoms with Crippen LogP contribution in [0.25, 0.3) is 0 Å². The maximum Gasteiger partial charge on any atom is 0.203 e. The zero-order chi connectivity index (χ0) is 16.2. The van der Waals surface area contributed by atoms with Crippen molar-refractivity contribution in [1.29, 1.82) is 0 Å². The Morgan fingerprint density at radius 3 is 2.65 bits per heavy atom. The summed E-state index contributed by atoms with van der Waals surface area (Å²) in [6, 6.07) is 13.2. The fourth-order valence-electron chi connectivity index (χ4n) is 2.66. The summed E-state index contributed by atoms with van der Waals surface area (Å²) in [4.78, 5) is 12.5. The number of methoxy groups -OCH3 is 2. The predicted octanol–water partition coefficient (Wildman–Crippen LogP) is 4.10. The third-order valence-corrected chi connectivity index (χ3v) is 4.89. The highest BCUT2D eigenvalue weighted by atomic mass is 32.2. The summed E-state index contributed by atoms with van der Waals surface area (Å²) >= 11 is 1.62. The van der Waals surface area contributed by atoms with Crippen molar-refractivity contribution in [2.45, 2.75) is 11.7 Å². The molecule has 1 unspecified atom stereocenters. The van der Waals surface area contributed by atoms with Crippen molar-refractivity contribution in [1.82, 2.24) is 0 Å². The van der Waals surface area contributed by atoms with Crippen LogP contribution in [0.3, 0.4) is 0 Å². The number of Topliss-reactive ketones (excluding diaryl/α,β-unsaturated/α-hetero) is 1. The zero-order valence-corrected chi connectivity index (χ0v) is 13.9. The van der Waals surface area contributed by atoms with Gasteiger partial charge < -0.3 is 14.2 Å². The van der Waals surface area contributed by atoms with Crippen molar-refractivity contribution in [3.63, 3.8) is 0 Å². The lowest BCUT2D eigenvalue weighted by molar-refractivity contribution is 0.0981. The third kappa shape index (κ3) is 3.15. The Balaban J connectivity index is 1.89. The van der Waals surface area contributed by atoms with Gasteiger partial charge >= 0.3 is 0 Å². The van der Waals surface area contributed by atoms with E-state index in [-0.39, 0.29) is 11.0 Å². The number of ketones is 1. The standard InChI is InChI=1S/C18H18O4S/c1-20-15-9-8-13-16(23-11-22-17(13)18(15)21-2)10-14(19)12-6-4-3-5-7-12/h3-9,16H,10-11H2,1-2H3. The summed E-state index contributed by atoms with van der Waals surface area (Å²) in [5.74, 6) is 2.51. The molecule has 0 fully saturated rings. The van der Waals surface area contributed by atoms with Crippen LogP contribution in [0, 0.1) is 0 Å². The molecule has 5 heteroatoms. The smallest absolute Gasteiger partial charge is 0.203 e. The second-order valence-electron chi connectivity index (χ2n) is 5.13. The highest BCUT2D eigenvalue weighted by molar-refractivity contribution is 7.99. The normalized spacial score (nSPS) is 16.2. The first-order chi connectivity index (χ1) is 11.2. The van der Waals surface area contributed by atoms with Gasteiger partial charge in [-0.3, -0.25) is 4.79 Å². The minimum Gasteiger partial charge on any atom is -0.493 e. The van der Waals surface area contributed by atoms with Crippen LogP contribution in [0.4, 0.5) is 0 Å². The fourth-order valence-corrected chi connectivity index (χ4v) is 3.64. The first-order valence-corrected chi connectivity index (χ1v) is 8.37. The zero-order valence-electron chi connectivity index (χ0n) is 13.1. The van der Waals surface area contributed by atoms with Crippen molar-refractivity contribution in [3.05, 3.63) is 53.6 Å². The molecule has 0 bridgehead atoms. The van der Waals surface area contributed by atoms with E-state index < -0.39 is 0 Å².